The van der Waals surface area contributed by atoms with E-state index in [4.69, 9.17) is 5.26 Å². The summed E-state index contributed by atoms with van der Waals surface area (Å²) < 4.78 is 3.30. The standard InChI is InChI=1S/K.H2O2.2H2O.Sb.H/c;1-2;;;;/h;1-2H;2*1H2;;/q+1;;;;+1;-1/p-1. The molecule has 0 saturated heterocycles. The van der Waals surface area contributed by atoms with Crippen molar-refractivity contribution in [3.63, 3.8) is 0 Å². The van der Waals surface area contributed by atoms with Gasteiger partial charge in [0, 0.05) is 0 Å². The van der Waals surface area contributed by atoms with Gasteiger partial charge in [0.25, 0.3) is 0 Å². The SMILES string of the molecule is O.O.O[O][Sb].[H-].[K+]. The number of rotatable bonds is 0. The van der Waals surface area contributed by atoms with Crippen LogP contribution in [-0.2, 0) is 3.17 Å². The Morgan fingerprint density at radius 3 is 1.50 bits per heavy atom. The van der Waals surface area contributed by atoms with Gasteiger partial charge in [-0.15, -0.1) is 0 Å². The molecule has 0 aliphatic rings. The van der Waals surface area contributed by atoms with Crippen molar-refractivity contribution < 1.29 is 72.2 Å². The molecule has 0 amide bonds. The van der Waals surface area contributed by atoms with Crippen LogP contribution in [-0.4, -0.2) is 39.7 Å². The quantitative estimate of drug-likeness (QED) is 0.257. The Labute approximate surface area is 93.8 Å². The summed E-state index contributed by atoms with van der Waals surface area (Å²) >= 11 is 0.908. The Kier molecular flexibility index (Phi) is 106. The molecular formula is H6KO4Sb. The van der Waals surface area contributed by atoms with Gasteiger partial charge >= 0.3 is 83.2 Å². The fraction of sp³-hybridized carbons (Fsp3) is 0. The molecule has 0 aromatic carbocycles. The van der Waals surface area contributed by atoms with E-state index >= 15 is 0 Å². The van der Waals surface area contributed by atoms with Gasteiger partial charge in [0.2, 0.25) is 0 Å². The van der Waals surface area contributed by atoms with Crippen LogP contribution in [0.1, 0.15) is 1.43 Å². The second kappa shape index (κ2) is 26.6. The van der Waals surface area contributed by atoms with Gasteiger partial charge in [-0.05, 0) is 0 Å². The Morgan fingerprint density at radius 2 is 1.50 bits per heavy atom. The van der Waals surface area contributed by atoms with Gasteiger partial charge in [-0.2, -0.15) is 0 Å². The van der Waals surface area contributed by atoms with E-state index in [0.29, 0.717) is 0 Å². The van der Waals surface area contributed by atoms with E-state index in [1.165, 1.54) is 0 Å². The molecule has 0 aromatic rings. The summed E-state index contributed by atoms with van der Waals surface area (Å²) in [6.07, 6.45) is 0. The second-order valence-corrected chi connectivity index (χ2v) is 0.548. The monoisotopic (exact) mass is 230 g/mol. The van der Waals surface area contributed by atoms with E-state index in [1.54, 1.807) is 0 Å². The zero-order valence-corrected chi connectivity index (χ0v) is 8.98. The van der Waals surface area contributed by atoms with Gasteiger partial charge in [0.1, 0.15) is 0 Å². The van der Waals surface area contributed by atoms with E-state index in [9.17, 15) is 0 Å². The summed E-state index contributed by atoms with van der Waals surface area (Å²) in [7, 11) is 0. The van der Waals surface area contributed by atoms with Gasteiger partial charge in [0.05, 0.1) is 0 Å². The molecule has 0 bridgehead atoms. The Hall–Kier alpha value is 2.29. The Bertz CT molecular complexity index is 11.7. The minimum Gasteiger partial charge on any atom is -1.00 e. The summed E-state index contributed by atoms with van der Waals surface area (Å²) in [4.78, 5) is 0. The van der Waals surface area contributed by atoms with Crippen LogP contribution < -0.4 is 51.4 Å². The zero-order chi connectivity index (χ0) is 2.71. The Balaban J connectivity index is -0.00000000333. The van der Waals surface area contributed by atoms with Crippen LogP contribution in [0.4, 0.5) is 0 Å². The molecule has 0 heterocycles. The maximum absolute atomic E-state index is 7.09. The molecule has 0 rings (SSSR count). The van der Waals surface area contributed by atoms with Crippen molar-refractivity contribution in [1.82, 2.24) is 0 Å². The molecule has 2 radical (unpaired) electrons. The first-order valence-electron chi connectivity index (χ1n) is 0.365. The molecule has 5 N–H and O–H groups in total. The molecule has 6 heavy (non-hydrogen) atoms. The molecule has 4 nitrogen and oxygen atoms in total. The van der Waals surface area contributed by atoms with Gasteiger partial charge in [0.15, 0.2) is 0 Å². The van der Waals surface area contributed by atoms with E-state index in [0.717, 1.165) is 23.4 Å². The summed E-state index contributed by atoms with van der Waals surface area (Å²) in [5, 5.41) is 7.09. The first-order valence-corrected chi connectivity index (χ1v) is 1.41. The van der Waals surface area contributed by atoms with Crippen molar-refractivity contribution >= 4 is 23.4 Å². The van der Waals surface area contributed by atoms with Gasteiger partial charge in [-0.1, -0.05) is 0 Å². The predicted molar refractivity (Wildman–Crippen MR) is 17.8 cm³/mol. The minimum atomic E-state index is 0. The Morgan fingerprint density at radius 1 is 1.50 bits per heavy atom. The fourth-order valence-electron chi connectivity index (χ4n) is 0. The predicted octanol–water partition coefficient (Wildman–Crippen LogP) is -4.97. The van der Waals surface area contributed by atoms with Crippen molar-refractivity contribution in [3.05, 3.63) is 0 Å². The van der Waals surface area contributed by atoms with Crippen molar-refractivity contribution in [2.75, 3.05) is 0 Å². The number of hydrogen-bond donors (Lipinski definition) is 1. The summed E-state index contributed by atoms with van der Waals surface area (Å²) in [5.74, 6) is 0. The third kappa shape index (κ3) is 33.5. The first-order chi connectivity index (χ1) is 1.41. The molecule has 0 aliphatic heterocycles. The molecule has 0 unspecified atom stereocenters. The molecule has 0 fully saturated rings. The molecule has 0 aliphatic carbocycles. The molecule has 0 saturated carbocycles. The smallest absolute Gasteiger partial charge is 1.00 e. The molecule has 6 heteroatoms. The van der Waals surface area contributed by atoms with Gasteiger partial charge in [-0.25, -0.2) is 0 Å². The van der Waals surface area contributed by atoms with Crippen molar-refractivity contribution in [1.29, 1.82) is 0 Å². The largest absolute Gasteiger partial charge is 1.00 e. The average molecular weight is 231 g/mol. The zero-order valence-electron chi connectivity index (χ0n) is 4.30. The van der Waals surface area contributed by atoms with E-state index < -0.39 is 0 Å². The van der Waals surface area contributed by atoms with Crippen LogP contribution in [0.25, 0.3) is 0 Å². The summed E-state index contributed by atoms with van der Waals surface area (Å²) in [6.45, 7) is 0. The molecule has 36 valence electrons. The topological polar surface area (TPSA) is 92.5 Å². The first kappa shape index (κ1) is 23.9. The maximum Gasteiger partial charge on any atom is 1.00 e. The van der Waals surface area contributed by atoms with Crippen LogP contribution in [0.3, 0.4) is 0 Å². The van der Waals surface area contributed by atoms with E-state index in [-0.39, 0.29) is 63.8 Å². The molecule has 0 atom stereocenters. The summed E-state index contributed by atoms with van der Waals surface area (Å²) in [6, 6.07) is 0. The molecular weight excluding hydrogens is 225 g/mol. The van der Waals surface area contributed by atoms with Gasteiger partial charge < -0.3 is 12.4 Å². The molecule has 0 spiro atoms. The minimum absolute atomic E-state index is 0. The number of hydrogen-bond acceptors (Lipinski definition) is 2. The third-order valence-electron chi connectivity index (χ3n) is 0. The van der Waals surface area contributed by atoms with Gasteiger partial charge in [-0.3, -0.25) is 0 Å². The van der Waals surface area contributed by atoms with Crippen molar-refractivity contribution in [2.24, 2.45) is 0 Å². The van der Waals surface area contributed by atoms with Crippen LogP contribution >= 0.6 is 0 Å². The van der Waals surface area contributed by atoms with Crippen LogP contribution in [0.15, 0.2) is 0 Å². The third-order valence-corrected chi connectivity index (χ3v) is 0. The van der Waals surface area contributed by atoms with Crippen LogP contribution in [0, 0.1) is 0 Å². The fourth-order valence-corrected chi connectivity index (χ4v) is 0. The van der Waals surface area contributed by atoms with Crippen molar-refractivity contribution in [3.8, 4) is 0 Å². The average Bonchev–Trinajstić information content (AvgIpc) is 0.918. The van der Waals surface area contributed by atoms with Crippen molar-refractivity contribution in [2.45, 2.75) is 0 Å². The summed E-state index contributed by atoms with van der Waals surface area (Å²) in [5.41, 5.74) is 0. The second-order valence-electron chi connectivity index (χ2n) is 0.0816. The molecule has 0 aromatic heterocycles. The van der Waals surface area contributed by atoms with Crippen LogP contribution in [0.5, 0.6) is 0 Å². The van der Waals surface area contributed by atoms with E-state index in [2.05, 4.69) is 3.17 Å². The van der Waals surface area contributed by atoms with Crippen LogP contribution in [0.2, 0.25) is 0 Å². The normalized spacial score (nSPS) is 3.00. The maximum atomic E-state index is 7.09. The van der Waals surface area contributed by atoms with E-state index in [1.807, 2.05) is 0 Å².